The van der Waals surface area contributed by atoms with E-state index in [4.69, 9.17) is 4.42 Å². The molecule has 0 aliphatic heterocycles. The molecule has 0 aliphatic rings. The largest absolute Gasteiger partial charge is 0.456 e. The fourth-order valence-electron chi connectivity index (χ4n) is 8.49. The third-order valence-corrected chi connectivity index (χ3v) is 10.8. The Labute approximate surface area is 294 Å². The first-order chi connectivity index (χ1) is 25.3. The van der Waals surface area contributed by atoms with Crippen LogP contribution in [-0.2, 0) is 0 Å². The normalized spacial score (nSPS) is 11.9. The van der Waals surface area contributed by atoms with Crippen molar-refractivity contribution in [3.05, 3.63) is 182 Å². The molecule has 0 amide bonds. The molecule has 10 aromatic carbocycles. The molecule has 0 unspecified atom stereocenters. The van der Waals surface area contributed by atoms with Gasteiger partial charge < -0.3 is 4.42 Å². The number of benzene rings is 10. The SMILES string of the molecule is c1ccc2cc(-c3c4ccccc4c(-c4cc(-c5ccc6oc7ccc8ccccc8c7c6c5)cc5ccccc45)c4ccccc34)ccc2c1. The fourth-order valence-corrected chi connectivity index (χ4v) is 8.49. The Hall–Kier alpha value is -6.70. The summed E-state index contributed by atoms with van der Waals surface area (Å²) in [7, 11) is 0. The second kappa shape index (κ2) is 10.9. The summed E-state index contributed by atoms with van der Waals surface area (Å²) in [5.41, 5.74) is 9.21. The van der Waals surface area contributed by atoms with Crippen LogP contribution in [0.25, 0.3) is 109 Å². The molecule has 1 nitrogen and oxygen atoms in total. The molecule has 51 heavy (non-hydrogen) atoms. The van der Waals surface area contributed by atoms with Crippen molar-refractivity contribution in [3.63, 3.8) is 0 Å². The lowest BCUT2D eigenvalue weighted by molar-refractivity contribution is 0.669. The maximum absolute atomic E-state index is 6.38. The maximum Gasteiger partial charge on any atom is 0.136 e. The number of furan rings is 1. The predicted octanol–water partition coefficient (Wildman–Crippen LogP) is 14.4. The van der Waals surface area contributed by atoms with Gasteiger partial charge in [-0.05, 0) is 124 Å². The van der Waals surface area contributed by atoms with Crippen LogP contribution in [0.1, 0.15) is 0 Å². The lowest BCUT2D eigenvalue weighted by atomic mass is 9.83. The van der Waals surface area contributed by atoms with Gasteiger partial charge in [-0.2, -0.15) is 0 Å². The van der Waals surface area contributed by atoms with Crippen molar-refractivity contribution >= 4 is 75.8 Å². The quantitative estimate of drug-likeness (QED) is 0.174. The molecule has 0 saturated heterocycles. The summed E-state index contributed by atoms with van der Waals surface area (Å²) in [5.74, 6) is 0. The van der Waals surface area contributed by atoms with E-state index < -0.39 is 0 Å². The minimum atomic E-state index is 0.910. The third-order valence-electron chi connectivity index (χ3n) is 10.8. The molecule has 0 N–H and O–H groups in total. The highest BCUT2D eigenvalue weighted by Gasteiger charge is 2.20. The van der Waals surface area contributed by atoms with Crippen molar-refractivity contribution in [1.82, 2.24) is 0 Å². The van der Waals surface area contributed by atoms with Crippen LogP contribution in [0.4, 0.5) is 0 Å². The average Bonchev–Trinajstić information content (AvgIpc) is 3.58. The Bertz CT molecular complexity index is 3140. The first-order valence-corrected chi connectivity index (χ1v) is 17.6. The van der Waals surface area contributed by atoms with Gasteiger partial charge in [0.25, 0.3) is 0 Å². The average molecular weight is 647 g/mol. The first-order valence-electron chi connectivity index (χ1n) is 17.6. The topological polar surface area (TPSA) is 13.1 Å². The summed E-state index contributed by atoms with van der Waals surface area (Å²) in [6.07, 6.45) is 0. The zero-order valence-corrected chi connectivity index (χ0v) is 27.7. The summed E-state index contributed by atoms with van der Waals surface area (Å²) in [6, 6.07) is 66.5. The maximum atomic E-state index is 6.38. The Morgan fingerprint density at radius 3 is 1.55 bits per heavy atom. The lowest BCUT2D eigenvalue weighted by Crippen LogP contribution is -1.92. The molecular formula is C50H30O. The molecule has 0 aliphatic carbocycles. The summed E-state index contributed by atoms with van der Waals surface area (Å²) >= 11 is 0. The van der Waals surface area contributed by atoms with E-state index in [0.717, 1.165) is 16.6 Å². The van der Waals surface area contributed by atoms with Gasteiger partial charge in [-0.15, -0.1) is 0 Å². The Balaban J connectivity index is 1.20. The number of hydrogen-bond donors (Lipinski definition) is 0. The second-order valence-electron chi connectivity index (χ2n) is 13.6. The standard InChI is InChI=1S/C50H30O/c1-2-13-33-27-36(22-21-31(33)11-1)48-40-17-7-9-19-42(40)49(43-20-10-8-18-41(43)48)44-30-37(28-35-14-4-5-15-38(35)44)34-24-25-46-45(29-34)50-39-16-6-3-12-32(39)23-26-47(50)51-46/h1-30H. The monoisotopic (exact) mass is 646 g/mol. The van der Waals surface area contributed by atoms with E-state index in [1.165, 1.54) is 92.6 Å². The molecule has 11 aromatic rings. The van der Waals surface area contributed by atoms with Crippen molar-refractivity contribution < 1.29 is 4.42 Å². The first kappa shape index (κ1) is 28.2. The smallest absolute Gasteiger partial charge is 0.136 e. The van der Waals surface area contributed by atoms with E-state index in [0.29, 0.717) is 0 Å². The van der Waals surface area contributed by atoms with Crippen molar-refractivity contribution in [2.75, 3.05) is 0 Å². The van der Waals surface area contributed by atoms with Crippen LogP contribution >= 0.6 is 0 Å². The van der Waals surface area contributed by atoms with Crippen LogP contribution in [0.2, 0.25) is 0 Å². The molecule has 11 rings (SSSR count). The third kappa shape index (κ3) is 4.28. The highest BCUT2D eigenvalue weighted by Crippen LogP contribution is 2.47. The van der Waals surface area contributed by atoms with Crippen LogP contribution in [0.5, 0.6) is 0 Å². The highest BCUT2D eigenvalue weighted by molar-refractivity contribution is 6.24. The van der Waals surface area contributed by atoms with E-state index in [2.05, 4.69) is 182 Å². The van der Waals surface area contributed by atoms with E-state index in [9.17, 15) is 0 Å². The van der Waals surface area contributed by atoms with Gasteiger partial charge in [-0.3, -0.25) is 0 Å². The van der Waals surface area contributed by atoms with Crippen LogP contribution in [0.15, 0.2) is 186 Å². The van der Waals surface area contributed by atoms with Crippen molar-refractivity contribution in [3.8, 4) is 33.4 Å². The van der Waals surface area contributed by atoms with E-state index in [1.54, 1.807) is 0 Å². The van der Waals surface area contributed by atoms with Crippen LogP contribution in [0.3, 0.4) is 0 Å². The molecule has 0 saturated carbocycles. The molecular weight excluding hydrogens is 617 g/mol. The highest BCUT2D eigenvalue weighted by atomic mass is 16.3. The van der Waals surface area contributed by atoms with Crippen LogP contribution in [0, 0.1) is 0 Å². The molecule has 0 atom stereocenters. The zero-order valence-electron chi connectivity index (χ0n) is 27.7. The van der Waals surface area contributed by atoms with Gasteiger partial charge >= 0.3 is 0 Å². The van der Waals surface area contributed by atoms with Gasteiger partial charge in [-0.25, -0.2) is 0 Å². The fraction of sp³-hybridized carbons (Fsp3) is 0. The van der Waals surface area contributed by atoms with E-state index in [-0.39, 0.29) is 0 Å². The zero-order chi connectivity index (χ0) is 33.5. The van der Waals surface area contributed by atoms with Crippen molar-refractivity contribution in [1.29, 1.82) is 0 Å². The minimum Gasteiger partial charge on any atom is -0.456 e. The van der Waals surface area contributed by atoms with Crippen LogP contribution < -0.4 is 0 Å². The Morgan fingerprint density at radius 1 is 0.275 bits per heavy atom. The van der Waals surface area contributed by atoms with Gasteiger partial charge in [0.2, 0.25) is 0 Å². The molecule has 0 spiro atoms. The number of hydrogen-bond acceptors (Lipinski definition) is 1. The summed E-state index contributed by atoms with van der Waals surface area (Å²) in [4.78, 5) is 0. The lowest BCUT2D eigenvalue weighted by Gasteiger charge is -2.20. The summed E-state index contributed by atoms with van der Waals surface area (Å²) in [6.45, 7) is 0. The molecule has 1 heteroatoms. The minimum absolute atomic E-state index is 0.910. The Kier molecular flexibility index (Phi) is 6.02. The predicted molar refractivity (Wildman–Crippen MR) is 218 cm³/mol. The number of rotatable bonds is 3. The second-order valence-corrected chi connectivity index (χ2v) is 13.6. The molecule has 1 aromatic heterocycles. The van der Waals surface area contributed by atoms with E-state index >= 15 is 0 Å². The Morgan fingerprint density at radius 2 is 0.804 bits per heavy atom. The number of fused-ring (bicyclic) bond motifs is 9. The van der Waals surface area contributed by atoms with Gasteiger partial charge in [0.05, 0.1) is 0 Å². The molecule has 0 bridgehead atoms. The molecule has 1 heterocycles. The van der Waals surface area contributed by atoms with E-state index in [1.807, 2.05) is 0 Å². The molecule has 0 fully saturated rings. The van der Waals surface area contributed by atoms with Crippen molar-refractivity contribution in [2.45, 2.75) is 0 Å². The van der Waals surface area contributed by atoms with Gasteiger partial charge in [0, 0.05) is 10.8 Å². The van der Waals surface area contributed by atoms with Gasteiger partial charge in [0.15, 0.2) is 0 Å². The van der Waals surface area contributed by atoms with Crippen LogP contribution in [-0.4, -0.2) is 0 Å². The van der Waals surface area contributed by atoms with Gasteiger partial charge in [-0.1, -0.05) is 146 Å². The van der Waals surface area contributed by atoms with Gasteiger partial charge in [0.1, 0.15) is 11.2 Å². The molecule has 236 valence electrons. The molecule has 0 radical (unpaired) electrons. The summed E-state index contributed by atoms with van der Waals surface area (Å²) in [5, 5.41) is 14.8. The summed E-state index contributed by atoms with van der Waals surface area (Å²) < 4.78 is 6.38. The van der Waals surface area contributed by atoms with Crippen molar-refractivity contribution in [2.24, 2.45) is 0 Å².